The normalized spacial score (nSPS) is 22.9. The lowest BCUT2D eigenvalue weighted by Gasteiger charge is -2.31. The second-order valence-electron chi connectivity index (χ2n) is 5.80. The minimum absolute atomic E-state index is 0.154. The lowest BCUT2D eigenvalue weighted by molar-refractivity contribution is -0.141. The van der Waals surface area contributed by atoms with Gasteiger partial charge in [0.05, 0.1) is 5.57 Å². The summed E-state index contributed by atoms with van der Waals surface area (Å²) in [6.45, 7) is 7.31. The standard InChI is InChI=1S/C16H27NO3/c1-5-6-7-8-9-10-11-17-15(19)14(13(3)18)12(2)16(17,4)20/h20H,5-11H2,1-4H3. The number of ketones is 1. The number of Topliss-reactive ketones (excluding diaryl/α,β-unsaturated/α-hetero) is 1. The van der Waals surface area contributed by atoms with Crippen LogP contribution in [-0.2, 0) is 9.59 Å². The van der Waals surface area contributed by atoms with Gasteiger partial charge in [0.2, 0.25) is 0 Å². The molecule has 0 saturated heterocycles. The van der Waals surface area contributed by atoms with Crippen LogP contribution in [0.5, 0.6) is 0 Å². The molecule has 1 amide bonds. The van der Waals surface area contributed by atoms with E-state index in [9.17, 15) is 14.7 Å². The van der Waals surface area contributed by atoms with E-state index in [1.165, 1.54) is 31.1 Å². The summed E-state index contributed by atoms with van der Waals surface area (Å²) in [5, 5.41) is 10.4. The maximum atomic E-state index is 12.2. The molecule has 1 rings (SSSR count). The van der Waals surface area contributed by atoms with Gasteiger partial charge in [-0.15, -0.1) is 0 Å². The van der Waals surface area contributed by atoms with Crippen molar-refractivity contribution in [1.29, 1.82) is 0 Å². The Labute approximate surface area is 121 Å². The van der Waals surface area contributed by atoms with Crippen molar-refractivity contribution in [1.82, 2.24) is 4.90 Å². The van der Waals surface area contributed by atoms with E-state index in [0.29, 0.717) is 12.1 Å². The van der Waals surface area contributed by atoms with Crippen LogP contribution in [-0.4, -0.2) is 34.0 Å². The molecule has 0 bridgehead atoms. The number of carbonyl (C=O) groups is 2. The van der Waals surface area contributed by atoms with Gasteiger partial charge >= 0.3 is 0 Å². The molecule has 1 atom stereocenters. The molecule has 0 spiro atoms. The maximum absolute atomic E-state index is 12.2. The van der Waals surface area contributed by atoms with E-state index >= 15 is 0 Å². The summed E-state index contributed by atoms with van der Waals surface area (Å²) in [5.74, 6) is -0.591. The largest absolute Gasteiger partial charge is 0.367 e. The molecule has 20 heavy (non-hydrogen) atoms. The Balaban J connectivity index is 2.56. The van der Waals surface area contributed by atoms with Crippen LogP contribution in [0.1, 0.15) is 66.2 Å². The molecule has 1 heterocycles. The number of amides is 1. The number of unbranched alkanes of at least 4 members (excludes halogenated alkanes) is 5. The first-order valence-electron chi connectivity index (χ1n) is 7.60. The summed E-state index contributed by atoms with van der Waals surface area (Å²) < 4.78 is 0. The van der Waals surface area contributed by atoms with Crippen LogP contribution in [0.15, 0.2) is 11.1 Å². The Morgan fingerprint density at radius 1 is 1.20 bits per heavy atom. The molecule has 4 heteroatoms. The molecule has 0 aliphatic carbocycles. The van der Waals surface area contributed by atoms with E-state index in [1.54, 1.807) is 13.8 Å². The first kappa shape index (κ1) is 16.9. The molecule has 1 aliphatic heterocycles. The maximum Gasteiger partial charge on any atom is 0.260 e. The van der Waals surface area contributed by atoms with Gasteiger partial charge in [-0.3, -0.25) is 9.59 Å². The third-order valence-electron chi connectivity index (χ3n) is 4.16. The van der Waals surface area contributed by atoms with Gasteiger partial charge in [0.25, 0.3) is 5.91 Å². The fourth-order valence-electron chi connectivity index (χ4n) is 2.72. The van der Waals surface area contributed by atoms with Crippen LogP contribution in [0.4, 0.5) is 0 Å². The molecule has 1 aliphatic rings. The van der Waals surface area contributed by atoms with Crippen LogP contribution >= 0.6 is 0 Å². The third-order valence-corrected chi connectivity index (χ3v) is 4.16. The lowest BCUT2D eigenvalue weighted by Crippen LogP contribution is -2.46. The second-order valence-corrected chi connectivity index (χ2v) is 5.80. The summed E-state index contributed by atoms with van der Waals surface area (Å²) >= 11 is 0. The monoisotopic (exact) mass is 281 g/mol. The van der Waals surface area contributed by atoms with Gasteiger partial charge in [0.1, 0.15) is 0 Å². The zero-order valence-corrected chi connectivity index (χ0v) is 13.2. The molecule has 1 unspecified atom stereocenters. The van der Waals surface area contributed by atoms with Crippen molar-refractivity contribution in [3.8, 4) is 0 Å². The summed E-state index contributed by atoms with van der Waals surface area (Å²) in [7, 11) is 0. The Bertz CT molecular complexity index is 410. The number of carbonyl (C=O) groups excluding carboxylic acids is 2. The number of rotatable bonds is 8. The van der Waals surface area contributed by atoms with Gasteiger partial charge in [-0.2, -0.15) is 0 Å². The van der Waals surface area contributed by atoms with Crippen molar-refractivity contribution in [3.63, 3.8) is 0 Å². The topological polar surface area (TPSA) is 57.6 Å². The molecule has 0 saturated carbocycles. The van der Waals surface area contributed by atoms with Crippen molar-refractivity contribution in [3.05, 3.63) is 11.1 Å². The van der Waals surface area contributed by atoms with Crippen molar-refractivity contribution in [2.75, 3.05) is 6.54 Å². The first-order valence-corrected chi connectivity index (χ1v) is 7.60. The fourth-order valence-corrected chi connectivity index (χ4v) is 2.72. The highest BCUT2D eigenvalue weighted by atomic mass is 16.3. The fraction of sp³-hybridized carbons (Fsp3) is 0.750. The minimum Gasteiger partial charge on any atom is -0.367 e. The third kappa shape index (κ3) is 3.48. The van der Waals surface area contributed by atoms with Crippen LogP contribution < -0.4 is 0 Å². The highest BCUT2D eigenvalue weighted by Gasteiger charge is 2.45. The Morgan fingerprint density at radius 2 is 1.75 bits per heavy atom. The minimum atomic E-state index is -1.32. The molecule has 0 radical (unpaired) electrons. The summed E-state index contributed by atoms with van der Waals surface area (Å²) in [6, 6.07) is 0. The van der Waals surface area contributed by atoms with E-state index in [1.807, 2.05) is 0 Å². The van der Waals surface area contributed by atoms with E-state index in [-0.39, 0.29) is 17.3 Å². The Morgan fingerprint density at radius 3 is 2.25 bits per heavy atom. The van der Waals surface area contributed by atoms with Gasteiger partial charge in [-0.1, -0.05) is 39.0 Å². The van der Waals surface area contributed by atoms with Crippen LogP contribution in [0.25, 0.3) is 0 Å². The van der Waals surface area contributed by atoms with Gasteiger partial charge in [0, 0.05) is 6.54 Å². The van der Waals surface area contributed by atoms with Crippen LogP contribution in [0, 0.1) is 0 Å². The van der Waals surface area contributed by atoms with E-state index in [4.69, 9.17) is 0 Å². The quantitative estimate of drug-likeness (QED) is 0.550. The predicted molar refractivity (Wildman–Crippen MR) is 79.1 cm³/mol. The Hall–Kier alpha value is -1.16. The van der Waals surface area contributed by atoms with Gasteiger partial charge < -0.3 is 10.0 Å². The zero-order valence-electron chi connectivity index (χ0n) is 13.2. The van der Waals surface area contributed by atoms with Crippen LogP contribution in [0.3, 0.4) is 0 Å². The van der Waals surface area contributed by atoms with Gasteiger partial charge in [-0.25, -0.2) is 0 Å². The molecule has 4 nitrogen and oxygen atoms in total. The van der Waals surface area contributed by atoms with E-state index < -0.39 is 5.72 Å². The van der Waals surface area contributed by atoms with Crippen LogP contribution in [0.2, 0.25) is 0 Å². The van der Waals surface area contributed by atoms with Gasteiger partial charge in [-0.05, 0) is 32.8 Å². The summed E-state index contributed by atoms with van der Waals surface area (Å²) in [6.07, 6.45) is 6.75. The number of hydrogen-bond acceptors (Lipinski definition) is 3. The molecule has 114 valence electrons. The Kier molecular flexibility index (Phi) is 5.93. The summed E-state index contributed by atoms with van der Waals surface area (Å²) in [4.78, 5) is 25.2. The zero-order chi connectivity index (χ0) is 15.3. The highest BCUT2D eigenvalue weighted by Crippen LogP contribution is 2.33. The van der Waals surface area contributed by atoms with Crippen molar-refractivity contribution < 1.29 is 14.7 Å². The molecule has 0 aromatic carbocycles. The van der Waals surface area contributed by atoms with E-state index in [2.05, 4.69) is 6.92 Å². The number of hydrogen-bond donors (Lipinski definition) is 1. The van der Waals surface area contributed by atoms with Crippen molar-refractivity contribution >= 4 is 11.7 Å². The number of aliphatic hydroxyl groups is 1. The smallest absolute Gasteiger partial charge is 0.260 e. The lowest BCUT2D eigenvalue weighted by atomic mass is 10.0. The summed E-state index contributed by atoms with van der Waals surface area (Å²) in [5.41, 5.74) is -0.691. The van der Waals surface area contributed by atoms with E-state index in [0.717, 1.165) is 19.3 Å². The average Bonchev–Trinajstić information content (AvgIpc) is 2.52. The molecule has 0 aromatic heterocycles. The first-order chi connectivity index (χ1) is 9.34. The molecule has 0 aromatic rings. The van der Waals surface area contributed by atoms with Crippen molar-refractivity contribution in [2.24, 2.45) is 0 Å². The molecule has 1 N–H and O–H groups in total. The SMILES string of the molecule is CCCCCCCCN1C(=O)C(C(C)=O)=C(C)C1(C)O. The van der Waals surface area contributed by atoms with Crippen molar-refractivity contribution in [2.45, 2.75) is 71.9 Å². The molecule has 0 fully saturated rings. The number of nitrogens with zero attached hydrogens (tertiary/aromatic N) is 1. The second kappa shape index (κ2) is 7.02. The molecular formula is C16H27NO3. The average molecular weight is 281 g/mol. The predicted octanol–water partition coefficient (Wildman–Crippen LogP) is 2.80. The molecular weight excluding hydrogens is 254 g/mol. The van der Waals surface area contributed by atoms with Gasteiger partial charge in [0.15, 0.2) is 11.5 Å². The highest BCUT2D eigenvalue weighted by molar-refractivity contribution is 6.21.